The number of likely N-dealkylation sites (N-methyl/N-ethyl adjacent to an activating group) is 2. The van der Waals surface area contributed by atoms with Crippen LogP contribution in [-0.4, -0.2) is 50.5 Å². The Hall–Kier alpha value is -5.64. The second-order valence-electron chi connectivity index (χ2n) is 10.4. The van der Waals surface area contributed by atoms with Crippen LogP contribution in [-0.2, 0) is 32.5 Å². The molecule has 2 amide bonds. The van der Waals surface area contributed by atoms with Crippen LogP contribution in [0.5, 0.6) is 11.5 Å². The van der Waals surface area contributed by atoms with E-state index < -0.39 is 0 Å². The minimum absolute atomic E-state index is 0.239. The molecule has 4 rings (SSSR count). The van der Waals surface area contributed by atoms with E-state index in [1.54, 1.807) is 0 Å². The number of amides is 2. The van der Waals surface area contributed by atoms with E-state index in [0.29, 0.717) is 37.4 Å². The van der Waals surface area contributed by atoms with Crippen molar-refractivity contribution in [3.63, 3.8) is 0 Å². The SMILES string of the molecule is CCNC(=O)C(=NOC)c1ccccc1COc1cccc(C)c1.CCNC(=O)C(=NOC)c1ccccc1COc1ccccc1C. The summed E-state index contributed by atoms with van der Waals surface area (Å²) in [6.07, 6.45) is 0. The lowest BCUT2D eigenvalue weighted by Gasteiger charge is -2.13. The van der Waals surface area contributed by atoms with Gasteiger partial charge in [0.05, 0.1) is 0 Å². The van der Waals surface area contributed by atoms with Crippen molar-refractivity contribution in [2.75, 3.05) is 27.3 Å². The van der Waals surface area contributed by atoms with Crippen LogP contribution < -0.4 is 20.1 Å². The van der Waals surface area contributed by atoms with Gasteiger partial charge in [0.25, 0.3) is 11.8 Å². The maximum absolute atomic E-state index is 12.3. The molecule has 0 fully saturated rings. The van der Waals surface area contributed by atoms with E-state index in [2.05, 4.69) is 20.9 Å². The second kappa shape index (κ2) is 19.8. The number of para-hydroxylation sites is 1. The van der Waals surface area contributed by atoms with Crippen molar-refractivity contribution in [2.45, 2.75) is 40.9 Å². The van der Waals surface area contributed by atoms with Crippen LogP contribution in [0.4, 0.5) is 0 Å². The van der Waals surface area contributed by atoms with Gasteiger partial charge in [-0.2, -0.15) is 0 Å². The number of rotatable bonds is 14. The normalized spacial score (nSPS) is 11.0. The van der Waals surface area contributed by atoms with Crippen LogP contribution in [0.1, 0.15) is 47.2 Å². The Bertz CT molecular complexity index is 1700. The van der Waals surface area contributed by atoms with Crippen LogP contribution >= 0.6 is 0 Å². The molecule has 4 aromatic carbocycles. The van der Waals surface area contributed by atoms with Gasteiger partial charge < -0.3 is 29.8 Å². The van der Waals surface area contributed by atoms with Gasteiger partial charge in [-0.25, -0.2) is 0 Å². The molecule has 0 heterocycles. The lowest BCUT2D eigenvalue weighted by molar-refractivity contribution is -0.115. The fourth-order valence-corrected chi connectivity index (χ4v) is 4.59. The van der Waals surface area contributed by atoms with Gasteiger partial charge in [0, 0.05) is 24.2 Å². The lowest BCUT2D eigenvalue weighted by Crippen LogP contribution is -2.32. The minimum atomic E-state index is -0.276. The van der Waals surface area contributed by atoms with Crippen molar-refractivity contribution in [3.8, 4) is 11.5 Å². The number of carbonyl (C=O) groups is 2. The molecule has 4 aromatic rings. The number of carbonyl (C=O) groups excluding carboxylic acids is 2. The molecule has 0 aliphatic carbocycles. The van der Waals surface area contributed by atoms with Crippen molar-refractivity contribution in [1.82, 2.24) is 10.6 Å². The van der Waals surface area contributed by atoms with Gasteiger partial charge in [-0.1, -0.05) is 89.2 Å². The fourth-order valence-electron chi connectivity index (χ4n) is 4.59. The average Bonchev–Trinajstić information content (AvgIpc) is 3.09. The van der Waals surface area contributed by atoms with E-state index in [4.69, 9.17) is 19.1 Å². The third-order valence-corrected chi connectivity index (χ3v) is 6.88. The molecule has 10 heteroatoms. The molecule has 0 saturated carbocycles. The summed E-state index contributed by atoms with van der Waals surface area (Å²) in [7, 11) is 2.84. The van der Waals surface area contributed by atoms with E-state index >= 15 is 0 Å². The first-order chi connectivity index (χ1) is 23.3. The minimum Gasteiger partial charge on any atom is -0.489 e. The van der Waals surface area contributed by atoms with Crippen LogP contribution in [0.2, 0.25) is 0 Å². The Labute approximate surface area is 282 Å². The maximum Gasteiger partial charge on any atom is 0.273 e. The zero-order valence-corrected chi connectivity index (χ0v) is 28.4. The van der Waals surface area contributed by atoms with Crippen molar-refractivity contribution in [1.29, 1.82) is 0 Å². The molecule has 10 nitrogen and oxygen atoms in total. The highest BCUT2D eigenvalue weighted by atomic mass is 16.6. The van der Waals surface area contributed by atoms with Crippen LogP contribution in [0.25, 0.3) is 0 Å². The van der Waals surface area contributed by atoms with E-state index in [1.165, 1.54) is 14.2 Å². The Balaban J connectivity index is 0.000000260. The standard InChI is InChI=1S/2C19H22N2O3/c1-4-20-19(22)18(21-23-3)16-11-7-6-10-15(16)13-24-17-12-8-5-9-14(17)2;1-4-20-19(22)18(21-23-3)17-11-6-5-9-15(17)13-24-16-10-7-8-14(2)12-16/h2*5-12H,4,13H2,1-3H3,(H,20,22). The maximum atomic E-state index is 12.3. The number of nitrogens with one attached hydrogen (secondary N) is 2. The highest BCUT2D eigenvalue weighted by Gasteiger charge is 2.19. The molecule has 0 spiro atoms. The molecule has 0 bridgehead atoms. The summed E-state index contributed by atoms with van der Waals surface area (Å²) in [5.74, 6) is 1.05. The Morgan fingerprint density at radius 2 is 1.12 bits per heavy atom. The molecule has 0 radical (unpaired) electrons. The number of aryl methyl sites for hydroxylation is 2. The predicted octanol–water partition coefficient (Wildman–Crippen LogP) is 6.12. The molecule has 0 aliphatic heterocycles. The smallest absolute Gasteiger partial charge is 0.273 e. The van der Waals surface area contributed by atoms with E-state index in [-0.39, 0.29) is 23.2 Å². The van der Waals surface area contributed by atoms with E-state index in [0.717, 1.165) is 33.8 Å². The van der Waals surface area contributed by atoms with Gasteiger partial charge in [0.1, 0.15) is 38.9 Å². The van der Waals surface area contributed by atoms with Gasteiger partial charge in [-0.05, 0) is 68.1 Å². The third kappa shape index (κ3) is 11.0. The molecular formula is C38H44N4O6. The molecule has 0 atom stereocenters. The van der Waals surface area contributed by atoms with Crippen LogP contribution in [0, 0.1) is 13.8 Å². The summed E-state index contributed by atoms with van der Waals surface area (Å²) in [6, 6.07) is 30.7. The van der Waals surface area contributed by atoms with Gasteiger partial charge >= 0.3 is 0 Å². The number of hydrogen-bond acceptors (Lipinski definition) is 8. The Morgan fingerprint density at radius 3 is 1.62 bits per heavy atom. The Morgan fingerprint density at radius 1 is 0.625 bits per heavy atom. The molecule has 0 aliphatic rings. The van der Waals surface area contributed by atoms with Crippen LogP contribution in [0.3, 0.4) is 0 Å². The number of nitrogens with zero attached hydrogens (tertiary/aromatic N) is 2. The van der Waals surface area contributed by atoms with Crippen molar-refractivity contribution < 1.29 is 28.7 Å². The zero-order valence-electron chi connectivity index (χ0n) is 28.4. The molecular weight excluding hydrogens is 608 g/mol. The quantitative estimate of drug-likeness (QED) is 0.125. The zero-order chi connectivity index (χ0) is 34.7. The highest BCUT2D eigenvalue weighted by Crippen LogP contribution is 2.20. The van der Waals surface area contributed by atoms with Gasteiger partial charge in [0.2, 0.25) is 0 Å². The summed E-state index contributed by atoms with van der Waals surface area (Å²) in [4.78, 5) is 34.2. The number of ether oxygens (including phenoxy) is 2. The first-order valence-electron chi connectivity index (χ1n) is 15.7. The Kier molecular flexibility index (Phi) is 15.2. The number of oxime groups is 2. The number of benzene rings is 4. The molecule has 2 N–H and O–H groups in total. The fraction of sp³-hybridized carbons (Fsp3) is 0.263. The van der Waals surface area contributed by atoms with E-state index in [9.17, 15) is 9.59 Å². The summed E-state index contributed by atoms with van der Waals surface area (Å²) in [5.41, 5.74) is 5.78. The average molecular weight is 653 g/mol. The second-order valence-corrected chi connectivity index (χ2v) is 10.4. The topological polar surface area (TPSA) is 120 Å². The molecule has 48 heavy (non-hydrogen) atoms. The van der Waals surface area contributed by atoms with E-state index in [1.807, 2.05) is 125 Å². The van der Waals surface area contributed by atoms with Crippen LogP contribution in [0.15, 0.2) is 107 Å². The number of hydrogen-bond donors (Lipinski definition) is 2. The molecule has 252 valence electrons. The first kappa shape index (κ1) is 36.8. The summed E-state index contributed by atoms with van der Waals surface area (Å²) < 4.78 is 11.8. The van der Waals surface area contributed by atoms with Gasteiger partial charge in [-0.15, -0.1) is 0 Å². The van der Waals surface area contributed by atoms with Crippen molar-refractivity contribution >= 4 is 23.2 Å². The lowest BCUT2D eigenvalue weighted by atomic mass is 10.0. The molecule has 0 aromatic heterocycles. The molecule has 0 unspecified atom stereocenters. The predicted molar refractivity (Wildman–Crippen MR) is 188 cm³/mol. The largest absolute Gasteiger partial charge is 0.489 e. The monoisotopic (exact) mass is 652 g/mol. The summed E-state index contributed by atoms with van der Waals surface area (Å²) >= 11 is 0. The van der Waals surface area contributed by atoms with Gasteiger partial charge in [-0.3, -0.25) is 9.59 Å². The highest BCUT2D eigenvalue weighted by molar-refractivity contribution is 6.46. The first-order valence-corrected chi connectivity index (χ1v) is 15.7. The third-order valence-electron chi connectivity index (χ3n) is 6.88. The summed E-state index contributed by atoms with van der Waals surface area (Å²) in [6.45, 7) is 9.43. The van der Waals surface area contributed by atoms with Crippen molar-refractivity contribution in [3.05, 3.63) is 130 Å². The molecule has 0 saturated heterocycles. The van der Waals surface area contributed by atoms with Gasteiger partial charge in [0.15, 0.2) is 11.4 Å². The van der Waals surface area contributed by atoms with Crippen molar-refractivity contribution in [2.24, 2.45) is 10.3 Å². The summed E-state index contributed by atoms with van der Waals surface area (Å²) in [5, 5.41) is 13.3.